The number of aliphatic hydroxyl groups is 1. The van der Waals surface area contributed by atoms with E-state index in [1.54, 1.807) is 7.11 Å². The van der Waals surface area contributed by atoms with Crippen molar-refractivity contribution >= 4 is 5.97 Å². The molecule has 0 aliphatic carbocycles. The zero-order valence-electron chi connectivity index (χ0n) is 18.7. The van der Waals surface area contributed by atoms with E-state index in [1.807, 2.05) is 58.2 Å². The lowest BCUT2D eigenvalue weighted by atomic mass is 9.87. The molecule has 0 saturated carbocycles. The Bertz CT molecular complexity index is 662. The first-order valence-electron chi connectivity index (χ1n) is 10.1. The van der Waals surface area contributed by atoms with Crippen molar-refractivity contribution in [1.82, 2.24) is 4.90 Å². The normalized spacial score (nSPS) is 15.9. The van der Waals surface area contributed by atoms with E-state index in [0.717, 1.165) is 11.3 Å². The maximum absolute atomic E-state index is 13.0. The Morgan fingerprint density at radius 1 is 1.24 bits per heavy atom. The Morgan fingerprint density at radius 2 is 1.83 bits per heavy atom. The van der Waals surface area contributed by atoms with Gasteiger partial charge in [0.1, 0.15) is 17.3 Å². The summed E-state index contributed by atoms with van der Waals surface area (Å²) in [6.45, 7) is 15.1. The number of rotatable bonds is 11. The summed E-state index contributed by atoms with van der Waals surface area (Å²) in [7, 11) is 3.60. The number of hydrogen-bond donors (Lipinski definition) is 1. The van der Waals surface area contributed by atoms with Crippen LogP contribution in [0.5, 0.6) is 5.75 Å². The molecule has 0 aliphatic rings. The average molecular weight is 404 g/mol. The molecule has 29 heavy (non-hydrogen) atoms. The number of benzene rings is 1. The lowest BCUT2D eigenvalue weighted by Gasteiger charge is -2.39. The largest absolute Gasteiger partial charge is 0.497 e. The standard InChI is InChI=1S/C24H37NO4/c1-9-11-12-20(22(21(26)10-2)23(27)29-24(4,5)6)25(7)17(3)18-13-15-19(28-8)16-14-18/h9-10,13-17,20-22,26H,1-2,11-12H2,3-8H3/t17-,20-,21+,22+/m1/s1. The monoisotopic (exact) mass is 403 g/mol. The highest BCUT2D eigenvalue weighted by molar-refractivity contribution is 5.75. The quantitative estimate of drug-likeness (QED) is 0.435. The number of ether oxygens (including phenoxy) is 2. The molecule has 0 radical (unpaired) electrons. The van der Waals surface area contributed by atoms with Crippen LogP contribution in [0.4, 0.5) is 0 Å². The Balaban J connectivity index is 3.24. The molecule has 0 unspecified atom stereocenters. The number of methoxy groups -OCH3 is 1. The second kappa shape index (κ2) is 11.2. The molecule has 0 saturated heterocycles. The minimum absolute atomic E-state index is 0.0117. The second-order valence-corrected chi connectivity index (χ2v) is 8.33. The summed E-state index contributed by atoms with van der Waals surface area (Å²) in [6, 6.07) is 7.61. The highest BCUT2D eigenvalue weighted by atomic mass is 16.6. The van der Waals surface area contributed by atoms with Gasteiger partial charge in [-0.3, -0.25) is 9.69 Å². The van der Waals surface area contributed by atoms with Crippen LogP contribution >= 0.6 is 0 Å². The zero-order valence-corrected chi connectivity index (χ0v) is 18.7. The van der Waals surface area contributed by atoms with Gasteiger partial charge in [0.15, 0.2) is 0 Å². The Hall–Kier alpha value is -2.11. The van der Waals surface area contributed by atoms with Crippen molar-refractivity contribution in [3.05, 3.63) is 55.1 Å². The van der Waals surface area contributed by atoms with Crippen molar-refractivity contribution in [2.75, 3.05) is 14.2 Å². The molecule has 0 aliphatic heterocycles. The van der Waals surface area contributed by atoms with Gasteiger partial charge in [-0.15, -0.1) is 13.2 Å². The van der Waals surface area contributed by atoms with Gasteiger partial charge in [-0.25, -0.2) is 0 Å². The summed E-state index contributed by atoms with van der Waals surface area (Å²) in [6.07, 6.45) is 3.60. The molecular weight excluding hydrogens is 366 g/mol. The summed E-state index contributed by atoms with van der Waals surface area (Å²) < 4.78 is 10.9. The maximum atomic E-state index is 13.0. The molecule has 0 spiro atoms. The first-order chi connectivity index (χ1) is 13.6. The highest BCUT2D eigenvalue weighted by Crippen LogP contribution is 2.31. The van der Waals surface area contributed by atoms with Gasteiger partial charge in [0.2, 0.25) is 0 Å². The Kier molecular flexibility index (Phi) is 9.60. The topological polar surface area (TPSA) is 59.0 Å². The van der Waals surface area contributed by atoms with E-state index in [9.17, 15) is 9.90 Å². The zero-order chi connectivity index (χ0) is 22.2. The van der Waals surface area contributed by atoms with E-state index >= 15 is 0 Å². The molecule has 5 nitrogen and oxygen atoms in total. The third kappa shape index (κ3) is 7.33. The van der Waals surface area contributed by atoms with Crippen LogP contribution in [0, 0.1) is 5.92 Å². The molecule has 0 bridgehead atoms. The third-order valence-electron chi connectivity index (χ3n) is 5.10. The molecule has 1 aromatic carbocycles. The number of esters is 1. The third-order valence-corrected chi connectivity index (χ3v) is 5.10. The summed E-state index contributed by atoms with van der Waals surface area (Å²) in [5.41, 5.74) is 0.451. The van der Waals surface area contributed by atoms with Crippen molar-refractivity contribution in [2.24, 2.45) is 5.92 Å². The molecule has 162 valence electrons. The van der Waals surface area contributed by atoms with E-state index in [4.69, 9.17) is 9.47 Å². The molecule has 0 fully saturated rings. The molecule has 0 aromatic heterocycles. The molecule has 0 heterocycles. The number of aliphatic hydroxyl groups excluding tert-OH is 1. The van der Waals surface area contributed by atoms with Gasteiger partial charge in [-0.05, 0) is 65.3 Å². The van der Waals surface area contributed by atoms with Gasteiger partial charge in [0.25, 0.3) is 0 Å². The van der Waals surface area contributed by atoms with Crippen LogP contribution in [0.1, 0.15) is 52.1 Å². The average Bonchev–Trinajstić information content (AvgIpc) is 2.68. The van der Waals surface area contributed by atoms with Gasteiger partial charge in [-0.1, -0.05) is 24.3 Å². The smallest absolute Gasteiger partial charge is 0.314 e. The first kappa shape index (κ1) is 24.9. The van der Waals surface area contributed by atoms with Crippen molar-refractivity contribution in [1.29, 1.82) is 0 Å². The van der Waals surface area contributed by atoms with Gasteiger partial charge < -0.3 is 14.6 Å². The molecule has 5 heteroatoms. The van der Waals surface area contributed by atoms with Crippen LogP contribution in [0.15, 0.2) is 49.6 Å². The summed E-state index contributed by atoms with van der Waals surface area (Å²) in [5, 5.41) is 10.6. The van der Waals surface area contributed by atoms with Crippen LogP contribution in [-0.2, 0) is 9.53 Å². The van der Waals surface area contributed by atoms with Gasteiger partial charge >= 0.3 is 5.97 Å². The van der Waals surface area contributed by atoms with E-state index in [1.165, 1.54) is 6.08 Å². The van der Waals surface area contributed by atoms with Crippen LogP contribution in [-0.4, -0.2) is 47.9 Å². The molecule has 1 aromatic rings. The van der Waals surface area contributed by atoms with Crippen molar-refractivity contribution < 1.29 is 19.4 Å². The van der Waals surface area contributed by atoms with Crippen LogP contribution in [0.3, 0.4) is 0 Å². The van der Waals surface area contributed by atoms with Gasteiger partial charge in [-0.2, -0.15) is 0 Å². The number of nitrogens with zero attached hydrogens (tertiary/aromatic N) is 1. The molecule has 0 amide bonds. The van der Waals surface area contributed by atoms with E-state index in [0.29, 0.717) is 12.8 Å². The highest BCUT2D eigenvalue weighted by Gasteiger charge is 2.39. The van der Waals surface area contributed by atoms with Crippen LogP contribution in [0.2, 0.25) is 0 Å². The lowest BCUT2D eigenvalue weighted by Crippen LogP contribution is -2.49. The van der Waals surface area contributed by atoms with Crippen LogP contribution in [0.25, 0.3) is 0 Å². The fourth-order valence-electron chi connectivity index (χ4n) is 3.37. The minimum Gasteiger partial charge on any atom is -0.497 e. The Labute approximate surface area is 176 Å². The SMILES string of the molecule is C=CCC[C@H]([C@H](C(=O)OC(C)(C)C)[C@@H](O)C=C)N(C)[C@H](C)c1ccc(OC)cc1. The molecule has 4 atom stereocenters. The number of carbonyl (C=O) groups excluding carboxylic acids is 1. The van der Waals surface area contributed by atoms with Gasteiger partial charge in [0, 0.05) is 12.1 Å². The fraction of sp³-hybridized carbons (Fsp3) is 0.542. The van der Waals surface area contributed by atoms with Crippen molar-refractivity contribution in [3.63, 3.8) is 0 Å². The van der Waals surface area contributed by atoms with Crippen molar-refractivity contribution in [2.45, 2.75) is 64.3 Å². The number of carbonyl (C=O) groups is 1. The van der Waals surface area contributed by atoms with E-state index in [2.05, 4.69) is 25.0 Å². The second-order valence-electron chi connectivity index (χ2n) is 8.33. The maximum Gasteiger partial charge on any atom is 0.314 e. The summed E-state index contributed by atoms with van der Waals surface area (Å²) in [5.74, 6) is -0.384. The minimum atomic E-state index is -1.01. The lowest BCUT2D eigenvalue weighted by molar-refractivity contribution is -0.166. The Morgan fingerprint density at radius 3 is 2.28 bits per heavy atom. The summed E-state index contributed by atoms with van der Waals surface area (Å²) >= 11 is 0. The number of allylic oxidation sites excluding steroid dienone is 1. The van der Waals surface area contributed by atoms with E-state index in [-0.39, 0.29) is 12.1 Å². The summed E-state index contributed by atoms with van der Waals surface area (Å²) in [4.78, 5) is 15.1. The van der Waals surface area contributed by atoms with Crippen molar-refractivity contribution in [3.8, 4) is 5.75 Å². The molecule has 1 rings (SSSR count). The first-order valence-corrected chi connectivity index (χ1v) is 10.1. The predicted octanol–water partition coefficient (Wildman–Crippen LogP) is 4.53. The number of hydrogen-bond acceptors (Lipinski definition) is 5. The van der Waals surface area contributed by atoms with Crippen LogP contribution < -0.4 is 4.74 Å². The van der Waals surface area contributed by atoms with Gasteiger partial charge in [0.05, 0.1) is 13.2 Å². The predicted molar refractivity (Wildman–Crippen MR) is 118 cm³/mol. The van der Waals surface area contributed by atoms with E-state index < -0.39 is 23.6 Å². The molecular formula is C24H37NO4. The fourth-order valence-corrected chi connectivity index (χ4v) is 3.37. The molecule has 1 N–H and O–H groups in total.